The number of furan rings is 1. The molecule has 0 aromatic carbocycles. The largest absolute Gasteiger partial charge is 0.478 e. The summed E-state index contributed by atoms with van der Waals surface area (Å²) in [6.07, 6.45) is 1.45. The average Bonchev–Trinajstić information content (AvgIpc) is 2.51. The topological polar surface area (TPSA) is 50.4 Å². The second kappa shape index (κ2) is 4.22. The summed E-state index contributed by atoms with van der Waals surface area (Å²) in [6.45, 7) is 8.53. The molecule has 2 radical (unpaired) electrons. The highest BCUT2D eigenvalue weighted by Gasteiger charge is 2.28. The maximum Gasteiger partial charge on any atom is 0.338 e. The van der Waals surface area contributed by atoms with E-state index < -0.39 is 5.97 Å². The highest BCUT2D eigenvalue weighted by Crippen LogP contribution is 2.32. The predicted octanol–water partition coefficient (Wildman–Crippen LogP) is 2.16. The van der Waals surface area contributed by atoms with Crippen molar-refractivity contribution in [2.75, 3.05) is 0 Å². The summed E-state index contributed by atoms with van der Waals surface area (Å²) in [5.74, 6) is -0.423. The molecular formula is C11H16O3Si. The van der Waals surface area contributed by atoms with Crippen LogP contribution in [0, 0.1) is 5.92 Å². The van der Waals surface area contributed by atoms with Crippen LogP contribution in [0.15, 0.2) is 16.7 Å². The van der Waals surface area contributed by atoms with Crippen LogP contribution >= 0.6 is 0 Å². The van der Waals surface area contributed by atoms with E-state index in [0.717, 1.165) is 0 Å². The van der Waals surface area contributed by atoms with Gasteiger partial charge in [-0.2, -0.15) is 0 Å². The van der Waals surface area contributed by atoms with E-state index in [-0.39, 0.29) is 5.04 Å². The minimum absolute atomic E-state index is 0.0715. The van der Waals surface area contributed by atoms with Gasteiger partial charge in [0, 0.05) is 0 Å². The lowest BCUT2D eigenvalue weighted by atomic mass is 9.99. The molecule has 0 unspecified atom stereocenters. The van der Waals surface area contributed by atoms with Gasteiger partial charge in [-0.1, -0.05) is 27.7 Å². The van der Waals surface area contributed by atoms with Crippen molar-refractivity contribution in [1.82, 2.24) is 0 Å². The van der Waals surface area contributed by atoms with E-state index in [9.17, 15) is 4.79 Å². The van der Waals surface area contributed by atoms with Crippen molar-refractivity contribution in [3.8, 4) is 0 Å². The first-order valence-electron chi connectivity index (χ1n) is 4.93. The van der Waals surface area contributed by atoms with Gasteiger partial charge < -0.3 is 9.52 Å². The summed E-state index contributed by atoms with van der Waals surface area (Å²) in [5.41, 5.74) is 0.294. The van der Waals surface area contributed by atoms with E-state index in [1.165, 1.54) is 12.3 Å². The van der Waals surface area contributed by atoms with Crippen molar-refractivity contribution in [1.29, 1.82) is 0 Å². The molecule has 1 N–H and O–H groups in total. The molecule has 0 fully saturated rings. The molecule has 0 amide bonds. The van der Waals surface area contributed by atoms with E-state index in [1.807, 2.05) is 0 Å². The molecule has 1 rings (SSSR count). The first-order valence-corrected chi connectivity index (χ1v) is 5.93. The summed E-state index contributed by atoms with van der Waals surface area (Å²) in [7, 11) is 0.380. The number of carboxylic acid groups (broad SMARTS) is 1. The first-order chi connectivity index (χ1) is 6.84. The third kappa shape index (κ3) is 2.72. The molecule has 1 aromatic rings. The second-order valence-corrected chi connectivity index (χ2v) is 6.46. The molecule has 0 aliphatic heterocycles. The summed E-state index contributed by atoms with van der Waals surface area (Å²) < 4.78 is 5.24. The Bertz CT molecular complexity index is 352. The zero-order chi connectivity index (χ0) is 11.6. The summed E-state index contributed by atoms with van der Waals surface area (Å²) in [6, 6.07) is 1.51. The molecule has 0 saturated heterocycles. The maximum atomic E-state index is 10.9. The molecule has 1 aromatic heterocycles. The Labute approximate surface area is 92.3 Å². The Balaban J connectivity index is 2.90. The van der Waals surface area contributed by atoms with Gasteiger partial charge in [-0.3, -0.25) is 0 Å². The molecule has 0 aliphatic carbocycles. The van der Waals surface area contributed by atoms with Crippen LogP contribution in [0.3, 0.4) is 0 Å². The van der Waals surface area contributed by atoms with E-state index in [2.05, 4.69) is 27.7 Å². The third-order valence-corrected chi connectivity index (χ3v) is 4.61. The van der Waals surface area contributed by atoms with Crippen LogP contribution in [0.5, 0.6) is 0 Å². The Morgan fingerprint density at radius 2 is 2.13 bits per heavy atom. The van der Waals surface area contributed by atoms with Gasteiger partial charge >= 0.3 is 5.97 Å². The lowest BCUT2D eigenvalue weighted by molar-refractivity contribution is 0.0698. The summed E-state index contributed by atoms with van der Waals surface area (Å²) >= 11 is 0. The van der Waals surface area contributed by atoms with Gasteiger partial charge in [0.05, 0.1) is 17.2 Å². The van der Waals surface area contributed by atoms with Crippen LogP contribution in [-0.2, 0) is 0 Å². The fourth-order valence-corrected chi connectivity index (χ4v) is 2.34. The quantitative estimate of drug-likeness (QED) is 0.797. The average molecular weight is 224 g/mol. The molecule has 3 nitrogen and oxygen atoms in total. The molecule has 0 bridgehead atoms. The van der Waals surface area contributed by atoms with Gasteiger partial charge in [0.15, 0.2) is 0 Å². The van der Waals surface area contributed by atoms with Gasteiger partial charge in [-0.25, -0.2) is 4.79 Å². The fraction of sp³-hybridized carbons (Fsp3) is 0.545. The molecule has 82 valence electrons. The van der Waals surface area contributed by atoms with E-state index in [0.29, 0.717) is 26.4 Å². The number of aromatic carboxylic acids is 1. The third-order valence-electron chi connectivity index (χ3n) is 2.77. The Kier molecular flexibility index (Phi) is 3.39. The standard InChI is InChI=1S/C11H16O3Si/c1-7(2)11(3,4)15-10-8(9(12)13)5-6-14-10/h5-7H,1-4H3,(H,12,13). The van der Waals surface area contributed by atoms with E-state index >= 15 is 0 Å². The lowest BCUT2D eigenvalue weighted by Gasteiger charge is -2.27. The van der Waals surface area contributed by atoms with Crippen molar-refractivity contribution in [2.24, 2.45) is 5.92 Å². The summed E-state index contributed by atoms with van der Waals surface area (Å²) in [5, 5.41) is 9.60. The van der Waals surface area contributed by atoms with Crippen LogP contribution in [-0.4, -0.2) is 20.6 Å². The van der Waals surface area contributed by atoms with Crippen molar-refractivity contribution < 1.29 is 14.3 Å². The molecule has 15 heavy (non-hydrogen) atoms. The van der Waals surface area contributed by atoms with E-state index in [4.69, 9.17) is 9.52 Å². The second-order valence-electron chi connectivity index (χ2n) is 4.47. The molecule has 0 saturated carbocycles. The van der Waals surface area contributed by atoms with Gasteiger partial charge in [-0.15, -0.1) is 0 Å². The Hall–Kier alpha value is -1.03. The van der Waals surface area contributed by atoms with Gasteiger partial charge in [0.2, 0.25) is 0 Å². The zero-order valence-electron chi connectivity index (χ0n) is 9.50. The number of rotatable bonds is 4. The van der Waals surface area contributed by atoms with Crippen LogP contribution in [0.25, 0.3) is 0 Å². The van der Waals surface area contributed by atoms with Crippen molar-refractivity contribution >= 4 is 20.9 Å². The SMILES string of the molecule is CC(C)C(C)(C)[Si]c1occc1C(=O)O. The lowest BCUT2D eigenvalue weighted by Crippen LogP contribution is -2.31. The number of carbonyl (C=O) groups is 1. The molecule has 4 heteroatoms. The summed E-state index contributed by atoms with van der Waals surface area (Å²) in [4.78, 5) is 10.9. The van der Waals surface area contributed by atoms with Gasteiger partial charge in [0.25, 0.3) is 0 Å². The van der Waals surface area contributed by atoms with Crippen LogP contribution in [0.2, 0.25) is 5.04 Å². The maximum absolute atomic E-state index is 10.9. The fourth-order valence-electron chi connectivity index (χ4n) is 1.01. The zero-order valence-corrected chi connectivity index (χ0v) is 10.5. The smallest absolute Gasteiger partial charge is 0.338 e. The number of carboxylic acids is 1. The van der Waals surface area contributed by atoms with Crippen molar-refractivity contribution in [3.05, 3.63) is 17.9 Å². The van der Waals surface area contributed by atoms with Gasteiger partial charge in [-0.05, 0) is 17.0 Å². The molecule has 0 aliphatic rings. The molecule has 0 spiro atoms. The highest BCUT2D eigenvalue weighted by atomic mass is 28.2. The molecule has 0 atom stereocenters. The number of hydrogen-bond donors (Lipinski definition) is 1. The van der Waals surface area contributed by atoms with E-state index in [1.54, 1.807) is 0 Å². The van der Waals surface area contributed by atoms with Crippen LogP contribution in [0.1, 0.15) is 38.1 Å². The monoisotopic (exact) mass is 224 g/mol. The van der Waals surface area contributed by atoms with Crippen LogP contribution in [0.4, 0.5) is 0 Å². The highest BCUT2D eigenvalue weighted by molar-refractivity contribution is 6.56. The van der Waals surface area contributed by atoms with Crippen molar-refractivity contribution in [2.45, 2.75) is 32.7 Å². The van der Waals surface area contributed by atoms with Gasteiger partial charge in [0.1, 0.15) is 9.52 Å². The predicted molar refractivity (Wildman–Crippen MR) is 59.9 cm³/mol. The molecular weight excluding hydrogens is 208 g/mol. The Morgan fingerprint density at radius 1 is 1.53 bits per heavy atom. The first kappa shape index (κ1) is 12.0. The minimum Gasteiger partial charge on any atom is -0.478 e. The van der Waals surface area contributed by atoms with Crippen molar-refractivity contribution in [3.63, 3.8) is 0 Å². The number of hydrogen-bond acceptors (Lipinski definition) is 2. The molecule has 1 heterocycles. The Morgan fingerprint density at radius 3 is 2.60 bits per heavy atom. The van der Waals surface area contributed by atoms with Crippen LogP contribution < -0.4 is 5.38 Å². The minimum atomic E-state index is -0.911. The normalized spacial score (nSPS) is 12.1.